The van der Waals surface area contributed by atoms with Crippen molar-refractivity contribution >= 4 is 5.57 Å². The zero-order valence-electron chi connectivity index (χ0n) is 18.9. The minimum atomic E-state index is -4.47. The topological polar surface area (TPSA) is 73.1 Å². The van der Waals surface area contributed by atoms with Gasteiger partial charge in [0, 0.05) is 24.2 Å². The highest BCUT2D eigenvalue weighted by atomic mass is 19.4. The van der Waals surface area contributed by atoms with E-state index in [2.05, 4.69) is 15.2 Å². The SMILES string of the molecule is OC(Cn1cnnc1)(c1ccc(F)cc1F)C(F)(F)c1ccc(C2=CC=C(OCC(F)(F)F)CC2)cn1. The van der Waals surface area contributed by atoms with Gasteiger partial charge >= 0.3 is 12.1 Å². The Morgan fingerprint density at radius 1 is 0.946 bits per heavy atom. The molecule has 6 nitrogen and oxygen atoms in total. The Bertz CT molecular complexity index is 1310. The van der Waals surface area contributed by atoms with Crippen LogP contribution in [0.4, 0.5) is 30.7 Å². The highest BCUT2D eigenvalue weighted by Crippen LogP contribution is 2.47. The molecule has 1 aliphatic carbocycles. The van der Waals surface area contributed by atoms with Gasteiger partial charge in [0.2, 0.25) is 0 Å². The van der Waals surface area contributed by atoms with Crippen molar-refractivity contribution in [2.75, 3.05) is 6.61 Å². The molecule has 1 N–H and O–H groups in total. The van der Waals surface area contributed by atoms with Crippen molar-refractivity contribution in [3.05, 3.63) is 95.5 Å². The van der Waals surface area contributed by atoms with Gasteiger partial charge in [-0.3, -0.25) is 4.98 Å². The third-order valence-corrected chi connectivity index (χ3v) is 5.76. The summed E-state index contributed by atoms with van der Waals surface area (Å²) in [7, 11) is 0. The summed E-state index contributed by atoms with van der Waals surface area (Å²) >= 11 is 0. The molecule has 0 fully saturated rings. The van der Waals surface area contributed by atoms with E-state index in [-0.39, 0.29) is 18.6 Å². The summed E-state index contributed by atoms with van der Waals surface area (Å²) in [6.07, 6.45) is 2.06. The number of benzene rings is 1. The third-order valence-electron chi connectivity index (χ3n) is 5.76. The number of aromatic nitrogens is 4. The molecular formula is C24H19F7N4O2. The van der Waals surface area contributed by atoms with Crippen molar-refractivity contribution < 1.29 is 40.6 Å². The summed E-state index contributed by atoms with van der Waals surface area (Å²) < 4.78 is 102. The Morgan fingerprint density at radius 2 is 1.68 bits per heavy atom. The lowest BCUT2D eigenvalue weighted by atomic mass is 9.84. The number of alkyl halides is 5. The standard InChI is InChI=1S/C24H19F7N4O2/c25-17-4-7-19(20(26)9-17)22(36,11-35-13-33-34-14-35)24(30,31)21-8-3-16(10-32-21)15-1-5-18(6-2-15)37-12-23(27,28)29/h1,3-5,7-10,13-14,36H,2,6,11-12H2. The van der Waals surface area contributed by atoms with Crippen LogP contribution in [0.5, 0.6) is 0 Å². The van der Waals surface area contributed by atoms with E-state index in [1.807, 2.05) is 0 Å². The maximum absolute atomic E-state index is 15.8. The minimum Gasteiger partial charge on any atom is -0.488 e. The van der Waals surface area contributed by atoms with Gasteiger partial charge in [-0.05, 0) is 41.8 Å². The first-order chi connectivity index (χ1) is 17.4. The van der Waals surface area contributed by atoms with Gasteiger partial charge in [-0.2, -0.15) is 22.0 Å². The van der Waals surface area contributed by atoms with Crippen molar-refractivity contribution in [2.24, 2.45) is 0 Å². The number of hydrogen-bond acceptors (Lipinski definition) is 5. The lowest BCUT2D eigenvalue weighted by Crippen LogP contribution is -2.47. The van der Waals surface area contributed by atoms with Crippen LogP contribution >= 0.6 is 0 Å². The van der Waals surface area contributed by atoms with Crippen LogP contribution in [0.1, 0.15) is 29.7 Å². The second-order valence-electron chi connectivity index (χ2n) is 8.35. The molecule has 37 heavy (non-hydrogen) atoms. The van der Waals surface area contributed by atoms with Crippen molar-refractivity contribution in [3.63, 3.8) is 0 Å². The first-order valence-corrected chi connectivity index (χ1v) is 10.8. The van der Waals surface area contributed by atoms with E-state index in [0.29, 0.717) is 17.2 Å². The van der Waals surface area contributed by atoms with Crippen LogP contribution in [0, 0.1) is 11.6 Å². The summed E-state index contributed by atoms with van der Waals surface area (Å²) in [6, 6.07) is 4.12. The van der Waals surface area contributed by atoms with Crippen molar-refractivity contribution in [1.29, 1.82) is 0 Å². The predicted octanol–water partition coefficient (Wildman–Crippen LogP) is 5.27. The maximum Gasteiger partial charge on any atom is 0.422 e. The van der Waals surface area contributed by atoms with Gasteiger partial charge in [-0.25, -0.2) is 8.78 Å². The minimum absolute atomic E-state index is 0.137. The molecule has 1 unspecified atom stereocenters. The van der Waals surface area contributed by atoms with Crippen LogP contribution in [0.2, 0.25) is 0 Å². The van der Waals surface area contributed by atoms with Crippen molar-refractivity contribution in [3.8, 4) is 0 Å². The van der Waals surface area contributed by atoms with Crippen LogP contribution in [-0.2, 0) is 22.8 Å². The lowest BCUT2D eigenvalue weighted by molar-refractivity contribution is -0.206. The highest BCUT2D eigenvalue weighted by molar-refractivity contribution is 5.68. The monoisotopic (exact) mass is 528 g/mol. The van der Waals surface area contributed by atoms with Gasteiger partial charge in [-0.15, -0.1) is 10.2 Å². The fraction of sp³-hybridized carbons (Fsp3) is 0.292. The Balaban J connectivity index is 1.63. The summed E-state index contributed by atoms with van der Waals surface area (Å²) in [5.41, 5.74) is -3.92. The average Bonchev–Trinajstić information content (AvgIpc) is 3.35. The molecule has 0 spiro atoms. The Kier molecular flexibility index (Phi) is 7.09. The zero-order valence-corrected chi connectivity index (χ0v) is 18.9. The molecule has 0 amide bonds. The van der Waals surface area contributed by atoms with Crippen LogP contribution in [0.15, 0.2) is 67.1 Å². The van der Waals surface area contributed by atoms with Crippen molar-refractivity contribution in [2.45, 2.75) is 37.1 Å². The highest BCUT2D eigenvalue weighted by Gasteiger charge is 2.57. The van der Waals surface area contributed by atoms with Crippen LogP contribution in [0.25, 0.3) is 5.57 Å². The fourth-order valence-corrected chi connectivity index (χ4v) is 3.88. The number of nitrogens with zero attached hydrogens (tertiary/aromatic N) is 4. The molecule has 0 saturated carbocycles. The molecule has 1 aliphatic rings. The van der Waals surface area contributed by atoms with E-state index in [4.69, 9.17) is 4.74 Å². The summed E-state index contributed by atoms with van der Waals surface area (Å²) in [6.45, 7) is -2.30. The molecule has 1 atom stereocenters. The second-order valence-corrected chi connectivity index (χ2v) is 8.35. The maximum atomic E-state index is 15.8. The number of allylic oxidation sites excluding steroid dienone is 4. The van der Waals surface area contributed by atoms with E-state index in [9.17, 15) is 27.1 Å². The van der Waals surface area contributed by atoms with Crippen molar-refractivity contribution in [1.82, 2.24) is 19.7 Å². The van der Waals surface area contributed by atoms with Gasteiger partial charge in [0.15, 0.2) is 12.2 Å². The largest absolute Gasteiger partial charge is 0.488 e. The number of halogens is 7. The van der Waals surface area contributed by atoms with Gasteiger partial charge < -0.3 is 14.4 Å². The molecule has 0 aliphatic heterocycles. The molecule has 13 heteroatoms. The van der Waals surface area contributed by atoms with Gasteiger partial charge in [0.25, 0.3) is 0 Å². The summed E-state index contributed by atoms with van der Waals surface area (Å²) in [5, 5.41) is 18.2. The average molecular weight is 528 g/mol. The Morgan fingerprint density at radius 3 is 2.24 bits per heavy atom. The molecule has 4 rings (SSSR count). The number of pyridine rings is 1. The summed E-state index contributed by atoms with van der Waals surface area (Å²) in [4.78, 5) is 3.79. The Hall–Kier alpha value is -3.74. The molecule has 196 valence electrons. The quantitative estimate of drug-likeness (QED) is 0.404. The molecule has 3 aromatic rings. The normalized spacial score (nSPS) is 16.1. The van der Waals surface area contributed by atoms with E-state index >= 15 is 8.78 Å². The van der Waals surface area contributed by atoms with E-state index in [0.717, 1.165) is 41.6 Å². The smallest absolute Gasteiger partial charge is 0.422 e. The van der Waals surface area contributed by atoms with Crippen LogP contribution < -0.4 is 0 Å². The number of ether oxygens (including phenoxy) is 1. The second kappa shape index (κ2) is 9.96. The van der Waals surface area contributed by atoms with Gasteiger partial charge in [0.05, 0.1) is 12.3 Å². The third kappa shape index (κ3) is 5.66. The molecule has 0 saturated heterocycles. The first kappa shape index (κ1) is 26.3. The van der Waals surface area contributed by atoms with E-state index in [1.165, 1.54) is 18.2 Å². The molecular weight excluding hydrogens is 509 g/mol. The number of hydrogen-bond donors (Lipinski definition) is 1. The van der Waals surface area contributed by atoms with Gasteiger partial charge in [-0.1, -0.05) is 12.1 Å². The predicted molar refractivity (Wildman–Crippen MR) is 116 cm³/mol. The van der Waals surface area contributed by atoms with E-state index < -0.39 is 53.7 Å². The van der Waals surface area contributed by atoms with Crippen LogP contribution in [0.3, 0.4) is 0 Å². The van der Waals surface area contributed by atoms with E-state index in [1.54, 1.807) is 0 Å². The van der Waals surface area contributed by atoms with Gasteiger partial charge in [0.1, 0.15) is 30.0 Å². The first-order valence-electron chi connectivity index (χ1n) is 10.8. The fourth-order valence-electron chi connectivity index (χ4n) is 3.88. The lowest BCUT2D eigenvalue weighted by Gasteiger charge is -2.36. The molecule has 0 bridgehead atoms. The molecule has 1 aromatic carbocycles. The summed E-state index contributed by atoms with van der Waals surface area (Å²) in [5.74, 6) is -6.43. The van der Waals surface area contributed by atoms with Crippen LogP contribution in [-0.4, -0.2) is 37.6 Å². The molecule has 2 aromatic heterocycles. The number of rotatable bonds is 8. The zero-order chi connectivity index (χ0) is 26.8. The Labute approximate surface area is 205 Å². The molecule has 2 heterocycles. The molecule has 0 radical (unpaired) electrons. The number of aliphatic hydroxyl groups is 1.